The second-order valence-corrected chi connectivity index (χ2v) is 3.57. The maximum atomic E-state index is 4.40. The summed E-state index contributed by atoms with van der Waals surface area (Å²) in [6.07, 6.45) is 2.87. The van der Waals surface area contributed by atoms with Crippen molar-refractivity contribution in [1.82, 2.24) is 15.1 Å². The van der Waals surface area contributed by atoms with E-state index in [0.29, 0.717) is 6.04 Å². The minimum atomic E-state index is 0.334. The molecule has 78 valence electrons. The van der Waals surface area contributed by atoms with Gasteiger partial charge in [-0.1, -0.05) is 6.08 Å². The summed E-state index contributed by atoms with van der Waals surface area (Å²) in [4.78, 5) is 0. The molecule has 0 radical (unpaired) electrons. The molecule has 1 heterocycles. The van der Waals surface area contributed by atoms with Gasteiger partial charge in [0.1, 0.15) is 0 Å². The van der Waals surface area contributed by atoms with Crippen molar-refractivity contribution in [1.29, 1.82) is 0 Å². The fourth-order valence-electron chi connectivity index (χ4n) is 1.84. The number of nitrogens with one attached hydrogen (secondary N) is 1. The van der Waals surface area contributed by atoms with Crippen molar-refractivity contribution in [2.75, 3.05) is 7.05 Å². The van der Waals surface area contributed by atoms with Gasteiger partial charge in [-0.25, -0.2) is 0 Å². The van der Waals surface area contributed by atoms with E-state index in [4.69, 9.17) is 0 Å². The molecule has 1 aromatic heterocycles. The number of hydrogen-bond donors (Lipinski definition) is 1. The van der Waals surface area contributed by atoms with Gasteiger partial charge in [0.2, 0.25) is 0 Å². The van der Waals surface area contributed by atoms with Crippen LogP contribution in [0, 0.1) is 13.8 Å². The number of hydrogen-bond acceptors (Lipinski definition) is 2. The molecule has 0 aromatic carbocycles. The van der Waals surface area contributed by atoms with Crippen LogP contribution in [0.25, 0.3) is 0 Å². The first kappa shape index (κ1) is 11.0. The zero-order valence-corrected chi connectivity index (χ0v) is 9.46. The summed E-state index contributed by atoms with van der Waals surface area (Å²) >= 11 is 0. The first-order valence-electron chi connectivity index (χ1n) is 4.90. The highest BCUT2D eigenvalue weighted by molar-refractivity contribution is 5.28. The van der Waals surface area contributed by atoms with Gasteiger partial charge in [-0.15, -0.1) is 6.58 Å². The molecule has 0 bridgehead atoms. The highest BCUT2D eigenvalue weighted by Gasteiger charge is 2.16. The second kappa shape index (κ2) is 4.42. The molecule has 0 aliphatic rings. The summed E-state index contributed by atoms with van der Waals surface area (Å²) in [7, 11) is 3.95. The highest BCUT2D eigenvalue weighted by Crippen LogP contribution is 2.23. The van der Waals surface area contributed by atoms with E-state index in [1.807, 2.05) is 24.9 Å². The quantitative estimate of drug-likeness (QED) is 0.740. The van der Waals surface area contributed by atoms with Gasteiger partial charge < -0.3 is 5.32 Å². The van der Waals surface area contributed by atoms with Crippen LogP contribution < -0.4 is 5.32 Å². The zero-order valence-electron chi connectivity index (χ0n) is 9.46. The van der Waals surface area contributed by atoms with Gasteiger partial charge in [0, 0.05) is 24.3 Å². The number of aryl methyl sites for hydroxylation is 2. The topological polar surface area (TPSA) is 29.9 Å². The third kappa shape index (κ3) is 1.87. The summed E-state index contributed by atoms with van der Waals surface area (Å²) in [6, 6.07) is 0.334. The third-order valence-electron chi connectivity index (χ3n) is 2.66. The monoisotopic (exact) mass is 193 g/mol. The van der Waals surface area contributed by atoms with Crippen LogP contribution in [0.2, 0.25) is 0 Å². The Bertz CT molecular complexity index is 326. The molecule has 1 aromatic rings. The van der Waals surface area contributed by atoms with E-state index in [-0.39, 0.29) is 0 Å². The Hall–Kier alpha value is -1.09. The van der Waals surface area contributed by atoms with E-state index in [0.717, 1.165) is 12.1 Å². The van der Waals surface area contributed by atoms with Crippen molar-refractivity contribution in [3.05, 3.63) is 29.6 Å². The Labute approximate surface area is 85.8 Å². The predicted molar refractivity (Wildman–Crippen MR) is 59.3 cm³/mol. The fourth-order valence-corrected chi connectivity index (χ4v) is 1.84. The van der Waals surface area contributed by atoms with Crippen molar-refractivity contribution in [3.63, 3.8) is 0 Å². The maximum Gasteiger partial charge on any atom is 0.0644 e. The molecule has 0 aliphatic carbocycles. The van der Waals surface area contributed by atoms with Gasteiger partial charge in [0.25, 0.3) is 0 Å². The van der Waals surface area contributed by atoms with Crippen LogP contribution in [0.15, 0.2) is 12.7 Å². The minimum Gasteiger partial charge on any atom is -0.313 e. The lowest BCUT2D eigenvalue weighted by atomic mass is 10.0. The SMILES string of the molecule is C=CCC(NC)c1c(C)nn(C)c1C. The Kier molecular flexibility index (Phi) is 3.47. The summed E-state index contributed by atoms with van der Waals surface area (Å²) in [5.74, 6) is 0. The predicted octanol–water partition coefficient (Wildman–Crippen LogP) is 1.87. The molecule has 0 aliphatic heterocycles. The van der Waals surface area contributed by atoms with Crippen molar-refractivity contribution < 1.29 is 0 Å². The molecular weight excluding hydrogens is 174 g/mol. The Morgan fingerprint density at radius 1 is 1.57 bits per heavy atom. The maximum absolute atomic E-state index is 4.40. The van der Waals surface area contributed by atoms with Crippen molar-refractivity contribution in [2.45, 2.75) is 26.3 Å². The van der Waals surface area contributed by atoms with Gasteiger partial charge in [0.15, 0.2) is 0 Å². The molecule has 0 amide bonds. The zero-order chi connectivity index (χ0) is 10.7. The lowest BCUT2D eigenvalue weighted by Crippen LogP contribution is -2.17. The summed E-state index contributed by atoms with van der Waals surface area (Å²) in [5.41, 5.74) is 3.63. The van der Waals surface area contributed by atoms with E-state index in [1.54, 1.807) is 0 Å². The molecule has 0 saturated carbocycles. The molecule has 1 N–H and O–H groups in total. The average molecular weight is 193 g/mol. The van der Waals surface area contributed by atoms with Crippen molar-refractivity contribution in [2.24, 2.45) is 7.05 Å². The van der Waals surface area contributed by atoms with E-state index < -0.39 is 0 Å². The lowest BCUT2D eigenvalue weighted by Gasteiger charge is -2.14. The van der Waals surface area contributed by atoms with Crippen LogP contribution in [-0.2, 0) is 7.05 Å². The molecule has 1 atom stereocenters. The summed E-state index contributed by atoms with van der Waals surface area (Å²) < 4.78 is 1.93. The standard InChI is InChI=1S/C11H19N3/c1-6-7-10(12-4)11-8(2)13-14(5)9(11)3/h6,10,12H,1,7H2,2-5H3. The normalized spacial score (nSPS) is 12.9. The molecule has 0 spiro atoms. The summed E-state index contributed by atoms with van der Waals surface area (Å²) in [6.45, 7) is 7.92. The average Bonchev–Trinajstić information content (AvgIpc) is 2.39. The van der Waals surface area contributed by atoms with Crippen LogP contribution in [0.4, 0.5) is 0 Å². The molecule has 1 rings (SSSR count). The second-order valence-electron chi connectivity index (χ2n) is 3.57. The van der Waals surface area contributed by atoms with Crippen LogP contribution in [0.3, 0.4) is 0 Å². The fraction of sp³-hybridized carbons (Fsp3) is 0.545. The Morgan fingerprint density at radius 3 is 2.57 bits per heavy atom. The molecule has 3 nitrogen and oxygen atoms in total. The van der Waals surface area contributed by atoms with Gasteiger partial charge in [-0.3, -0.25) is 4.68 Å². The number of nitrogens with zero attached hydrogens (tertiary/aromatic N) is 2. The first-order chi connectivity index (χ1) is 6.61. The van der Waals surface area contributed by atoms with Gasteiger partial charge in [0.05, 0.1) is 5.69 Å². The molecule has 0 saturated heterocycles. The lowest BCUT2D eigenvalue weighted by molar-refractivity contribution is 0.595. The molecule has 0 fully saturated rings. The first-order valence-corrected chi connectivity index (χ1v) is 4.90. The molecule has 14 heavy (non-hydrogen) atoms. The number of aromatic nitrogens is 2. The van der Waals surface area contributed by atoms with Crippen LogP contribution in [0.1, 0.15) is 29.4 Å². The number of rotatable bonds is 4. The van der Waals surface area contributed by atoms with Gasteiger partial charge in [-0.05, 0) is 27.3 Å². The van der Waals surface area contributed by atoms with E-state index in [1.165, 1.54) is 11.3 Å². The molecule has 1 unspecified atom stereocenters. The van der Waals surface area contributed by atoms with Crippen LogP contribution in [0.5, 0.6) is 0 Å². The Morgan fingerprint density at radius 2 is 2.21 bits per heavy atom. The van der Waals surface area contributed by atoms with Gasteiger partial charge in [-0.2, -0.15) is 5.10 Å². The largest absolute Gasteiger partial charge is 0.313 e. The van der Waals surface area contributed by atoms with E-state index in [2.05, 4.69) is 30.8 Å². The third-order valence-corrected chi connectivity index (χ3v) is 2.66. The Balaban J connectivity index is 3.08. The van der Waals surface area contributed by atoms with Crippen LogP contribution >= 0.6 is 0 Å². The van der Waals surface area contributed by atoms with E-state index >= 15 is 0 Å². The van der Waals surface area contributed by atoms with Gasteiger partial charge >= 0.3 is 0 Å². The van der Waals surface area contributed by atoms with Crippen molar-refractivity contribution in [3.8, 4) is 0 Å². The van der Waals surface area contributed by atoms with E-state index in [9.17, 15) is 0 Å². The molecule has 3 heteroatoms. The summed E-state index contributed by atoms with van der Waals surface area (Å²) in [5, 5.41) is 7.69. The highest BCUT2D eigenvalue weighted by atomic mass is 15.3. The van der Waals surface area contributed by atoms with Crippen LogP contribution in [-0.4, -0.2) is 16.8 Å². The minimum absolute atomic E-state index is 0.334. The molecular formula is C11H19N3. The smallest absolute Gasteiger partial charge is 0.0644 e. The van der Waals surface area contributed by atoms with Crippen molar-refractivity contribution >= 4 is 0 Å².